The fraction of sp³-hybridized carbons (Fsp3) is 0.150. The van der Waals surface area contributed by atoms with Crippen LogP contribution in [-0.2, 0) is 6.61 Å². The van der Waals surface area contributed by atoms with Crippen LogP contribution in [0.2, 0.25) is 0 Å². The number of carbonyl (C=O) groups is 2. The highest BCUT2D eigenvalue weighted by Gasteiger charge is 2.14. The van der Waals surface area contributed by atoms with Crippen LogP contribution in [0.1, 0.15) is 37.8 Å². The summed E-state index contributed by atoms with van der Waals surface area (Å²) in [5.74, 6) is 0.887. The molecule has 27 heavy (non-hydrogen) atoms. The van der Waals surface area contributed by atoms with E-state index in [0.717, 1.165) is 5.56 Å². The minimum Gasteiger partial charge on any atom is -0.489 e. The van der Waals surface area contributed by atoms with E-state index in [2.05, 4.69) is 15.8 Å². The van der Waals surface area contributed by atoms with Crippen LogP contribution in [0.15, 0.2) is 59.3 Å². The topological polar surface area (TPSA) is 93.5 Å². The van der Waals surface area contributed by atoms with Crippen molar-refractivity contribution in [2.24, 2.45) is 0 Å². The van der Waals surface area contributed by atoms with E-state index in [1.54, 1.807) is 56.6 Å². The Hall–Kier alpha value is -3.61. The molecule has 0 unspecified atom stereocenters. The number of rotatable bonds is 5. The number of benzene rings is 1. The molecule has 0 fully saturated rings. The lowest BCUT2D eigenvalue weighted by Gasteiger charge is -2.09. The molecule has 2 aromatic heterocycles. The van der Waals surface area contributed by atoms with Gasteiger partial charge in [-0.05, 0) is 50.2 Å². The molecule has 0 atom stereocenters. The molecule has 2 amide bonds. The second-order valence-electron chi connectivity index (χ2n) is 5.91. The number of amides is 2. The number of aryl methyl sites for hydroxylation is 2. The molecule has 0 bridgehead atoms. The van der Waals surface area contributed by atoms with E-state index in [4.69, 9.17) is 9.15 Å². The molecule has 7 nitrogen and oxygen atoms in total. The van der Waals surface area contributed by atoms with Crippen LogP contribution in [0.25, 0.3) is 0 Å². The Balaban J connectivity index is 1.53. The first-order valence-corrected chi connectivity index (χ1v) is 8.32. The highest BCUT2D eigenvalue weighted by Crippen LogP contribution is 2.15. The SMILES string of the molecule is Cc1cc(C(=O)NNC(=O)c2ccc(OCc3cccnc3)cc2)c(C)o1. The van der Waals surface area contributed by atoms with Crippen LogP contribution < -0.4 is 15.6 Å². The number of pyridine rings is 1. The molecule has 2 N–H and O–H groups in total. The van der Waals surface area contributed by atoms with Gasteiger partial charge in [-0.15, -0.1) is 0 Å². The quantitative estimate of drug-likeness (QED) is 0.678. The van der Waals surface area contributed by atoms with E-state index in [0.29, 0.717) is 35.0 Å². The molecule has 3 rings (SSSR count). The van der Waals surface area contributed by atoms with E-state index in [9.17, 15) is 9.59 Å². The predicted molar refractivity (Wildman–Crippen MR) is 98.1 cm³/mol. The molecular formula is C20H19N3O4. The smallest absolute Gasteiger partial charge is 0.273 e. The monoisotopic (exact) mass is 365 g/mol. The number of nitrogens with zero attached hydrogens (tertiary/aromatic N) is 1. The van der Waals surface area contributed by atoms with Crippen molar-refractivity contribution in [3.8, 4) is 5.75 Å². The van der Waals surface area contributed by atoms with Crippen LogP contribution in [0.3, 0.4) is 0 Å². The lowest BCUT2D eigenvalue weighted by atomic mass is 10.2. The summed E-state index contributed by atoms with van der Waals surface area (Å²) in [6, 6.07) is 12.0. The van der Waals surface area contributed by atoms with E-state index >= 15 is 0 Å². The molecule has 0 aliphatic heterocycles. The van der Waals surface area contributed by atoms with Gasteiger partial charge in [0.2, 0.25) is 0 Å². The Bertz CT molecular complexity index is 934. The van der Waals surface area contributed by atoms with Gasteiger partial charge in [0.1, 0.15) is 23.9 Å². The molecule has 0 aliphatic carbocycles. The summed E-state index contributed by atoms with van der Waals surface area (Å²) in [6.45, 7) is 3.83. The largest absolute Gasteiger partial charge is 0.489 e. The van der Waals surface area contributed by atoms with Gasteiger partial charge in [-0.25, -0.2) is 0 Å². The second kappa shape index (κ2) is 8.18. The zero-order valence-electron chi connectivity index (χ0n) is 15.0. The van der Waals surface area contributed by atoms with Gasteiger partial charge in [0.25, 0.3) is 11.8 Å². The summed E-state index contributed by atoms with van der Waals surface area (Å²) < 4.78 is 11.0. The molecule has 3 aromatic rings. The first-order chi connectivity index (χ1) is 13.0. The number of hydrogen-bond acceptors (Lipinski definition) is 5. The van der Waals surface area contributed by atoms with Crippen molar-refractivity contribution < 1.29 is 18.7 Å². The summed E-state index contributed by atoms with van der Waals surface area (Å²) >= 11 is 0. The third-order valence-electron chi connectivity index (χ3n) is 3.82. The lowest BCUT2D eigenvalue weighted by Crippen LogP contribution is -2.41. The number of hydrogen-bond donors (Lipinski definition) is 2. The van der Waals surface area contributed by atoms with Gasteiger partial charge in [0, 0.05) is 23.5 Å². The molecule has 2 heterocycles. The van der Waals surface area contributed by atoms with E-state index < -0.39 is 11.8 Å². The van der Waals surface area contributed by atoms with Crippen molar-refractivity contribution in [3.63, 3.8) is 0 Å². The van der Waals surface area contributed by atoms with Crippen LogP contribution in [0.4, 0.5) is 0 Å². The van der Waals surface area contributed by atoms with Crippen LogP contribution in [-0.4, -0.2) is 16.8 Å². The summed E-state index contributed by atoms with van der Waals surface area (Å²) in [5.41, 5.74) is 6.48. The minimum absolute atomic E-state index is 0.381. The molecule has 0 saturated carbocycles. The van der Waals surface area contributed by atoms with Crippen LogP contribution >= 0.6 is 0 Å². The van der Waals surface area contributed by atoms with Crippen molar-refractivity contribution in [2.45, 2.75) is 20.5 Å². The molecule has 0 aliphatic rings. The molecule has 7 heteroatoms. The summed E-state index contributed by atoms with van der Waals surface area (Å²) in [5, 5.41) is 0. The molecule has 0 radical (unpaired) electrons. The lowest BCUT2D eigenvalue weighted by molar-refractivity contribution is 0.0845. The number of carbonyl (C=O) groups excluding carboxylic acids is 2. The number of furan rings is 1. The van der Waals surface area contributed by atoms with Crippen LogP contribution in [0, 0.1) is 13.8 Å². The van der Waals surface area contributed by atoms with Crippen molar-refractivity contribution in [1.29, 1.82) is 0 Å². The standard InChI is InChI=1S/C20H19N3O4/c1-13-10-18(14(2)27-13)20(25)23-22-19(24)16-5-7-17(8-6-16)26-12-15-4-3-9-21-11-15/h3-11H,12H2,1-2H3,(H,22,24)(H,23,25). The van der Waals surface area contributed by atoms with E-state index in [1.807, 2.05) is 12.1 Å². The zero-order chi connectivity index (χ0) is 19.2. The first kappa shape index (κ1) is 18.2. The maximum atomic E-state index is 12.2. The number of ether oxygens (including phenoxy) is 1. The van der Waals surface area contributed by atoms with Gasteiger partial charge < -0.3 is 9.15 Å². The molecule has 138 valence electrons. The average Bonchev–Trinajstić information content (AvgIpc) is 3.03. The summed E-state index contributed by atoms with van der Waals surface area (Å²) in [6.07, 6.45) is 3.43. The summed E-state index contributed by atoms with van der Waals surface area (Å²) in [4.78, 5) is 28.3. The van der Waals surface area contributed by atoms with Gasteiger partial charge >= 0.3 is 0 Å². The highest BCUT2D eigenvalue weighted by atomic mass is 16.5. The first-order valence-electron chi connectivity index (χ1n) is 8.32. The van der Waals surface area contributed by atoms with Gasteiger partial charge in [-0.1, -0.05) is 6.07 Å². The third kappa shape index (κ3) is 4.72. The Kier molecular flexibility index (Phi) is 5.51. The average molecular weight is 365 g/mol. The predicted octanol–water partition coefficient (Wildman–Crippen LogP) is 2.95. The van der Waals surface area contributed by atoms with Crippen molar-refractivity contribution >= 4 is 11.8 Å². The molecule has 0 spiro atoms. The molecule has 0 saturated heterocycles. The Labute approximate surface area is 156 Å². The molecular weight excluding hydrogens is 346 g/mol. The highest BCUT2D eigenvalue weighted by molar-refractivity contribution is 5.99. The van der Waals surface area contributed by atoms with Gasteiger partial charge in [0.15, 0.2) is 0 Å². The van der Waals surface area contributed by atoms with E-state index in [-0.39, 0.29) is 0 Å². The third-order valence-corrected chi connectivity index (χ3v) is 3.82. The Morgan fingerprint density at radius 1 is 1.07 bits per heavy atom. The number of aromatic nitrogens is 1. The van der Waals surface area contributed by atoms with Gasteiger partial charge in [-0.3, -0.25) is 25.4 Å². The fourth-order valence-electron chi connectivity index (χ4n) is 2.46. The van der Waals surface area contributed by atoms with Crippen molar-refractivity contribution in [3.05, 3.63) is 83.1 Å². The van der Waals surface area contributed by atoms with Gasteiger partial charge in [0.05, 0.1) is 5.56 Å². The van der Waals surface area contributed by atoms with E-state index in [1.165, 1.54) is 0 Å². The minimum atomic E-state index is -0.436. The zero-order valence-corrected chi connectivity index (χ0v) is 15.0. The Morgan fingerprint density at radius 2 is 1.81 bits per heavy atom. The van der Waals surface area contributed by atoms with Crippen molar-refractivity contribution in [1.82, 2.24) is 15.8 Å². The maximum absolute atomic E-state index is 12.2. The van der Waals surface area contributed by atoms with Crippen LogP contribution in [0.5, 0.6) is 5.75 Å². The van der Waals surface area contributed by atoms with Gasteiger partial charge in [-0.2, -0.15) is 0 Å². The molecule has 1 aromatic carbocycles. The maximum Gasteiger partial charge on any atom is 0.273 e. The normalized spacial score (nSPS) is 10.3. The number of hydrazine groups is 1. The second-order valence-corrected chi connectivity index (χ2v) is 5.91. The number of nitrogens with one attached hydrogen (secondary N) is 2. The fourth-order valence-corrected chi connectivity index (χ4v) is 2.46. The Morgan fingerprint density at radius 3 is 2.44 bits per heavy atom. The van der Waals surface area contributed by atoms with Crippen molar-refractivity contribution in [2.75, 3.05) is 0 Å². The summed E-state index contributed by atoms with van der Waals surface area (Å²) in [7, 11) is 0.